The molecule has 10 heteroatoms. The van der Waals surface area contributed by atoms with Crippen molar-refractivity contribution in [1.29, 1.82) is 0 Å². The molecule has 0 fully saturated rings. The lowest BCUT2D eigenvalue weighted by molar-refractivity contribution is -0.114. The van der Waals surface area contributed by atoms with Crippen molar-refractivity contribution in [2.75, 3.05) is 21.1 Å². The van der Waals surface area contributed by atoms with Crippen molar-refractivity contribution in [2.45, 2.75) is 18.7 Å². The van der Waals surface area contributed by atoms with Crippen molar-refractivity contribution < 1.29 is 22.5 Å². The fourth-order valence-corrected chi connectivity index (χ4v) is 4.74. The van der Waals surface area contributed by atoms with Crippen LogP contribution in [0.5, 0.6) is 0 Å². The zero-order valence-electron chi connectivity index (χ0n) is 16.2. The van der Waals surface area contributed by atoms with Crippen molar-refractivity contribution in [3.05, 3.63) is 65.9 Å². The van der Waals surface area contributed by atoms with E-state index < -0.39 is 28.5 Å². The fraction of sp³-hybridized carbons (Fsp3) is 0.150. The molecule has 0 aliphatic carbocycles. The number of anilines is 3. The number of hydrogen-bond acceptors (Lipinski definition) is 6. The Morgan fingerprint density at radius 3 is 2.47 bits per heavy atom. The standard InChI is InChI=1S/C20H18N4O5S/c1-13-7-9-15(10-8-13)24-20(26)23(12-19(25)21-18-11-14(2)29-22-18)16-5-3-4-6-17(16)30(24,27)28/h3-11H,12H2,1-2H3,(H,21,22,25). The number of aromatic nitrogens is 1. The largest absolute Gasteiger partial charge is 0.360 e. The Bertz CT molecular complexity index is 1230. The summed E-state index contributed by atoms with van der Waals surface area (Å²) < 4.78 is 32.0. The minimum Gasteiger partial charge on any atom is -0.360 e. The molecule has 0 bridgehead atoms. The summed E-state index contributed by atoms with van der Waals surface area (Å²) in [5, 5.41) is 6.23. The van der Waals surface area contributed by atoms with Crippen LogP contribution < -0.4 is 14.5 Å². The van der Waals surface area contributed by atoms with E-state index in [1.165, 1.54) is 18.2 Å². The van der Waals surface area contributed by atoms with Gasteiger partial charge in [0.1, 0.15) is 17.2 Å². The molecule has 154 valence electrons. The van der Waals surface area contributed by atoms with Gasteiger partial charge in [0, 0.05) is 6.07 Å². The first-order valence-corrected chi connectivity index (χ1v) is 10.5. The molecule has 0 atom stereocenters. The molecule has 1 aromatic heterocycles. The van der Waals surface area contributed by atoms with Crippen molar-refractivity contribution >= 4 is 39.2 Å². The molecule has 1 N–H and O–H groups in total. The normalized spacial score (nSPS) is 15.1. The van der Waals surface area contributed by atoms with Gasteiger partial charge in [-0.25, -0.2) is 13.2 Å². The molecule has 30 heavy (non-hydrogen) atoms. The molecular formula is C20H18N4O5S. The summed E-state index contributed by atoms with van der Waals surface area (Å²) in [6.07, 6.45) is 0. The van der Waals surface area contributed by atoms with Crippen LogP contribution in [0.2, 0.25) is 0 Å². The lowest BCUT2D eigenvalue weighted by Gasteiger charge is -2.35. The maximum absolute atomic E-state index is 13.2. The summed E-state index contributed by atoms with van der Waals surface area (Å²) in [6.45, 7) is 3.13. The molecule has 0 unspecified atom stereocenters. The number of carbonyl (C=O) groups is 2. The molecule has 4 rings (SSSR count). The molecule has 2 aromatic carbocycles. The van der Waals surface area contributed by atoms with Crippen LogP contribution in [0.4, 0.5) is 22.0 Å². The second kappa shape index (κ2) is 7.30. The third kappa shape index (κ3) is 3.41. The van der Waals surface area contributed by atoms with Crippen LogP contribution in [0.3, 0.4) is 0 Å². The molecule has 9 nitrogen and oxygen atoms in total. The monoisotopic (exact) mass is 426 g/mol. The number of benzene rings is 2. The SMILES string of the molecule is Cc1ccc(N2C(=O)N(CC(=O)Nc3cc(C)on3)c3ccccc3S2(=O)=O)cc1. The maximum atomic E-state index is 13.2. The second-order valence-electron chi connectivity index (χ2n) is 6.81. The van der Waals surface area contributed by atoms with E-state index in [1.807, 2.05) is 6.92 Å². The molecule has 0 spiro atoms. The van der Waals surface area contributed by atoms with Gasteiger partial charge in [0.25, 0.3) is 10.0 Å². The van der Waals surface area contributed by atoms with Gasteiger partial charge in [0.15, 0.2) is 5.82 Å². The Morgan fingerprint density at radius 2 is 1.80 bits per heavy atom. The van der Waals surface area contributed by atoms with Gasteiger partial charge in [-0.2, -0.15) is 4.31 Å². The maximum Gasteiger partial charge on any atom is 0.343 e. The Kier molecular flexibility index (Phi) is 4.78. The van der Waals surface area contributed by atoms with E-state index >= 15 is 0 Å². The Labute approximate surface area is 172 Å². The summed E-state index contributed by atoms with van der Waals surface area (Å²) in [7, 11) is -4.14. The van der Waals surface area contributed by atoms with Crippen LogP contribution in [0.1, 0.15) is 11.3 Å². The lowest BCUT2D eigenvalue weighted by atomic mass is 10.2. The summed E-state index contributed by atoms with van der Waals surface area (Å²) in [6, 6.07) is 13.3. The molecule has 2 heterocycles. The Balaban J connectivity index is 1.73. The second-order valence-corrected chi connectivity index (χ2v) is 8.57. The zero-order valence-corrected chi connectivity index (χ0v) is 17.0. The van der Waals surface area contributed by atoms with E-state index in [0.717, 1.165) is 10.5 Å². The third-order valence-electron chi connectivity index (χ3n) is 4.54. The van der Waals surface area contributed by atoms with Crippen LogP contribution in [0.15, 0.2) is 64.0 Å². The predicted octanol–water partition coefficient (Wildman–Crippen LogP) is 3.07. The van der Waals surface area contributed by atoms with E-state index in [9.17, 15) is 18.0 Å². The summed E-state index contributed by atoms with van der Waals surface area (Å²) >= 11 is 0. The number of amides is 3. The van der Waals surface area contributed by atoms with Gasteiger partial charge in [-0.1, -0.05) is 35.0 Å². The lowest BCUT2D eigenvalue weighted by Crippen LogP contribution is -2.53. The number of para-hydroxylation sites is 1. The summed E-state index contributed by atoms with van der Waals surface area (Å²) in [5.74, 6) is 0.175. The molecule has 1 aliphatic heterocycles. The van der Waals surface area contributed by atoms with Gasteiger partial charge in [0.05, 0.1) is 11.4 Å². The van der Waals surface area contributed by atoms with Crippen molar-refractivity contribution in [1.82, 2.24) is 5.16 Å². The van der Waals surface area contributed by atoms with Gasteiger partial charge in [0.2, 0.25) is 5.91 Å². The number of carbonyl (C=O) groups excluding carboxylic acids is 2. The van der Waals surface area contributed by atoms with E-state index in [2.05, 4.69) is 10.5 Å². The fourth-order valence-electron chi connectivity index (χ4n) is 3.15. The summed E-state index contributed by atoms with van der Waals surface area (Å²) in [5.41, 5.74) is 1.25. The van der Waals surface area contributed by atoms with Gasteiger partial charge >= 0.3 is 6.03 Å². The zero-order chi connectivity index (χ0) is 21.5. The van der Waals surface area contributed by atoms with E-state index in [0.29, 0.717) is 10.1 Å². The highest BCUT2D eigenvalue weighted by Crippen LogP contribution is 2.37. The topological polar surface area (TPSA) is 113 Å². The van der Waals surface area contributed by atoms with Gasteiger partial charge in [-0.05, 0) is 38.1 Å². The first-order chi connectivity index (χ1) is 14.3. The molecule has 3 aromatic rings. The van der Waals surface area contributed by atoms with E-state index in [1.54, 1.807) is 43.3 Å². The highest BCUT2D eigenvalue weighted by Gasteiger charge is 2.43. The van der Waals surface area contributed by atoms with Crippen molar-refractivity contribution in [3.8, 4) is 0 Å². The number of fused-ring (bicyclic) bond motifs is 1. The third-order valence-corrected chi connectivity index (χ3v) is 6.29. The van der Waals surface area contributed by atoms with Crippen LogP contribution in [-0.4, -0.2) is 32.1 Å². The molecule has 1 aliphatic rings. The van der Waals surface area contributed by atoms with Crippen LogP contribution >= 0.6 is 0 Å². The van der Waals surface area contributed by atoms with Gasteiger partial charge < -0.3 is 9.84 Å². The number of urea groups is 1. The number of rotatable bonds is 4. The first kappa shape index (κ1) is 19.6. The highest BCUT2D eigenvalue weighted by molar-refractivity contribution is 7.94. The Hall–Kier alpha value is -3.66. The first-order valence-electron chi connectivity index (χ1n) is 9.03. The van der Waals surface area contributed by atoms with Crippen LogP contribution in [0, 0.1) is 13.8 Å². The number of nitrogens with one attached hydrogen (secondary N) is 1. The summed E-state index contributed by atoms with van der Waals surface area (Å²) in [4.78, 5) is 26.8. The number of aryl methyl sites for hydroxylation is 2. The van der Waals surface area contributed by atoms with Gasteiger partial charge in [-0.15, -0.1) is 0 Å². The Morgan fingerprint density at radius 1 is 1.10 bits per heavy atom. The van der Waals surface area contributed by atoms with Crippen molar-refractivity contribution in [2.24, 2.45) is 0 Å². The molecule has 0 saturated heterocycles. The average Bonchev–Trinajstić information content (AvgIpc) is 3.11. The predicted molar refractivity (Wildman–Crippen MR) is 110 cm³/mol. The van der Waals surface area contributed by atoms with Crippen molar-refractivity contribution in [3.63, 3.8) is 0 Å². The average molecular weight is 426 g/mol. The van der Waals surface area contributed by atoms with Gasteiger partial charge in [-0.3, -0.25) is 9.69 Å². The molecule has 0 radical (unpaired) electrons. The van der Waals surface area contributed by atoms with E-state index in [-0.39, 0.29) is 22.1 Å². The minimum atomic E-state index is -4.14. The number of nitrogens with zero attached hydrogens (tertiary/aromatic N) is 3. The quantitative estimate of drug-likeness (QED) is 0.686. The molecule has 0 saturated carbocycles. The minimum absolute atomic E-state index is 0.0599. The smallest absolute Gasteiger partial charge is 0.343 e. The number of sulfonamides is 1. The van der Waals surface area contributed by atoms with E-state index in [4.69, 9.17) is 4.52 Å². The number of hydrogen-bond donors (Lipinski definition) is 1. The highest BCUT2D eigenvalue weighted by atomic mass is 32.2. The van der Waals surface area contributed by atoms with Crippen LogP contribution in [0.25, 0.3) is 0 Å². The molecular weight excluding hydrogens is 408 g/mol. The van der Waals surface area contributed by atoms with Crippen LogP contribution in [-0.2, 0) is 14.8 Å². The molecule has 3 amide bonds.